The van der Waals surface area contributed by atoms with Crippen molar-refractivity contribution in [2.75, 3.05) is 6.54 Å². The molecule has 8 heteroatoms. The van der Waals surface area contributed by atoms with Crippen LogP contribution in [-0.2, 0) is 17.9 Å². The zero-order valence-electron chi connectivity index (χ0n) is 16.2. The Kier molecular flexibility index (Phi) is 8.25. The van der Waals surface area contributed by atoms with Crippen molar-refractivity contribution in [3.8, 4) is 0 Å². The van der Waals surface area contributed by atoms with Crippen LogP contribution < -0.4 is 5.32 Å². The van der Waals surface area contributed by atoms with Gasteiger partial charge < -0.3 is 10.2 Å². The summed E-state index contributed by atoms with van der Waals surface area (Å²) in [5.74, 6) is -0.138. The molecule has 0 bridgehead atoms. The van der Waals surface area contributed by atoms with E-state index in [0.29, 0.717) is 48.1 Å². The van der Waals surface area contributed by atoms with Gasteiger partial charge in [0, 0.05) is 36.7 Å². The van der Waals surface area contributed by atoms with Crippen molar-refractivity contribution in [1.82, 2.24) is 15.2 Å². The maximum atomic E-state index is 12.9. The second kappa shape index (κ2) is 11.1. The lowest BCUT2D eigenvalue weighted by atomic mass is 10.1. The van der Waals surface area contributed by atoms with Gasteiger partial charge in [-0.2, -0.15) is 11.3 Å². The van der Waals surface area contributed by atoms with Gasteiger partial charge in [-0.05, 0) is 47.7 Å². The molecule has 1 aromatic carbocycles. The van der Waals surface area contributed by atoms with Crippen molar-refractivity contribution in [2.24, 2.45) is 0 Å². The number of benzene rings is 1. The monoisotopic (exact) mass is 461 g/mol. The predicted molar refractivity (Wildman–Crippen MR) is 121 cm³/mol. The van der Waals surface area contributed by atoms with Crippen molar-refractivity contribution in [3.05, 3.63) is 86.3 Å². The fourth-order valence-electron chi connectivity index (χ4n) is 2.87. The standard InChI is InChI=1S/C22H21Cl2N3O2S/c23-19-7-6-16(12-20(19)24)13-27(14-18-4-1-2-9-25-18)21(28)5-3-10-26-22(29)17-8-11-30-15-17/h1-2,4,6-9,11-12,15H,3,5,10,13-14H2,(H,26,29). The summed E-state index contributed by atoms with van der Waals surface area (Å²) in [5, 5.41) is 7.43. The number of carbonyl (C=O) groups is 2. The highest BCUT2D eigenvalue weighted by Gasteiger charge is 2.16. The Morgan fingerprint density at radius 1 is 1.07 bits per heavy atom. The van der Waals surface area contributed by atoms with Crippen LogP contribution >= 0.6 is 34.5 Å². The molecule has 0 fully saturated rings. The number of carbonyl (C=O) groups excluding carboxylic acids is 2. The molecule has 0 spiro atoms. The van der Waals surface area contributed by atoms with Crippen LogP contribution in [0, 0.1) is 0 Å². The van der Waals surface area contributed by atoms with Crippen LogP contribution in [-0.4, -0.2) is 28.2 Å². The average molecular weight is 462 g/mol. The van der Waals surface area contributed by atoms with Gasteiger partial charge in [-0.1, -0.05) is 35.3 Å². The van der Waals surface area contributed by atoms with Gasteiger partial charge in [-0.25, -0.2) is 0 Å². The number of rotatable bonds is 9. The van der Waals surface area contributed by atoms with Crippen molar-refractivity contribution < 1.29 is 9.59 Å². The first kappa shape index (κ1) is 22.3. The third-order valence-electron chi connectivity index (χ3n) is 4.43. The van der Waals surface area contributed by atoms with Gasteiger partial charge in [0.1, 0.15) is 0 Å². The molecule has 156 valence electrons. The normalized spacial score (nSPS) is 10.6. The topological polar surface area (TPSA) is 62.3 Å². The Balaban J connectivity index is 1.59. The largest absolute Gasteiger partial charge is 0.352 e. The number of nitrogens with zero attached hydrogens (tertiary/aromatic N) is 2. The summed E-state index contributed by atoms with van der Waals surface area (Å²) in [6.07, 6.45) is 2.57. The smallest absolute Gasteiger partial charge is 0.252 e. The van der Waals surface area contributed by atoms with Crippen LogP contribution in [0.4, 0.5) is 0 Å². The molecule has 2 aromatic heterocycles. The molecular weight excluding hydrogens is 441 g/mol. The number of aromatic nitrogens is 1. The number of pyridine rings is 1. The molecule has 2 amide bonds. The van der Waals surface area contributed by atoms with Crippen molar-refractivity contribution in [2.45, 2.75) is 25.9 Å². The minimum atomic E-state index is -0.121. The number of hydrogen-bond donors (Lipinski definition) is 1. The summed E-state index contributed by atoms with van der Waals surface area (Å²) < 4.78 is 0. The molecule has 1 N–H and O–H groups in total. The van der Waals surface area contributed by atoms with Crippen LogP contribution in [0.1, 0.15) is 34.5 Å². The minimum Gasteiger partial charge on any atom is -0.352 e. The van der Waals surface area contributed by atoms with Gasteiger partial charge in [0.25, 0.3) is 5.91 Å². The third kappa shape index (κ3) is 6.55. The lowest BCUT2D eigenvalue weighted by Crippen LogP contribution is -2.31. The molecule has 30 heavy (non-hydrogen) atoms. The van der Waals surface area contributed by atoms with E-state index in [2.05, 4.69) is 10.3 Å². The van der Waals surface area contributed by atoms with E-state index in [9.17, 15) is 9.59 Å². The molecule has 0 unspecified atom stereocenters. The summed E-state index contributed by atoms with van der Waals surface area (Å²) >= 11 is 13.6. The molecule has 5 nitrogen and oxygen atoms in total. The first-order valence-corrected chi connectivity index (χ1v) is 11.1. The number of amides is 2. The molecule has 0 aliphatic rings. The van der Waals surface area contributed by atoms with E-state index < -0.39 is 0 Å². The fourth-order valence-corrected chi connectivity index (χ4v) is 3.83. The van der Waals surface area contributed by atoms with E-state index in [4.69, 9.17) is 23.2 Å². The second-order valence-corrected chi connectivity index (χ2v) is 8.29. The Bertz CT molecular complexity index is 981. The third-order valence-corrected chi connectivity index (χ3v) is 5.85. The zero-order chi connectivity index (χ0) is 21.3. The van der Waals surface area contributed by atoms with E-state index in [-0.39, 0.29) is 11.8 Å². The highest BCUT2D eigenvalue weighted by molar-refractivity contribution is 7.08. The maximum absolute atomic E-state index is 12.9. The van der Waals surface area contributed by atoms with E-state index in [1.807, 2.05) is 29.6 Å². The Morgan fingerprint density at radius 2 is 1.93 bits per heavy atom. The average Bonchev–Trinajstić information content (AvgIpc) is 3.29. The maximum Gasteiger partial charge on any atom is 0.252 e. The molecule has 0 aliphatic heterocycles. The second-order valence-electron chi connectivity index (χ2n) is 6.69. The van der Waals surface area contributed by atoms with E-state index in [0.717, 1.165) is 11.3 Å². The lowest BCUT2D eigenvalue weighted by molar-refractivity contribution is -0.132. The molecule has 0 saturated heterocycles. The van der Waals surface area contributed by atoms with Crippen LogP contribution in [0.25, 0.3) is 0 Å². The molecule has 3 rings (SSSR count). The summed E-state index contributed by atoms with van der Waals surface area (Å²) in [6, 6.07) is 12.7. The molecule has 2 heterocycles. The van der Waals surface area contributed by atoms with Crippen LogP contribution in [0.15, 0.2) is 59.4 Å². The van der Waals surface area contributed by atoms with Gasteiger partial charge in [-0.15, -0.1) is 0 Å². The molecule has 0 saturated carbocycles. The molecule has 0 aliphatic carbocycles. The van der Waals surface area contributed by atoms with Crippen molar-refractivity contribution in [1.29, 1.82) is 0 Å². The van der Waals surface area contributed by atoms with Crippen LogP contribution in [0.3, 0.4) is 0 Å². The first-order valence-electron chi connectivity index (χ1n) is 9.45. The minimum absolute atomic E-state index is 0.0171. The first-order chi connectivity index (χ1) is 14.5. The molecular formula is C22H21Cl2N3O2S. The lowest BCUT2D eigenvalue weighted by Gasteiger charge is -2.23. The SMILES string of the molecule is O=C(NCCCC(=O)N(Cc1ccc(Cl)c(Cl)c1)Cc1ccccn1)c1ccsc1. The van der Waals surface area contributed by atoms with Gasteiger partial charge in [0.2, 0.25) is 5.91 Å². The Hall–Kier alpha value is -2.41. The highest BCUT2D eigenvalue weighted by atomic mass is 35.5. The summed E-state index contributed by atoms with van der Waals surface area (Å²) in [6.45, 7) is 1.22. The van der Waals surface area contributed by atoms with Crippen molar-refractivity contribution >= 4 is 46.4 Å². The number of halogens is 2. The van der Waals surface area contributed by atoms with Crippen molar-refractivity contribution in [3.63, 3.8) is 0 Å². The molecule has 3 aromatic rings. The van der Waals surface area contributed by atoms with Crippen LogP contribution in [0.2, 0.25) is 10.0 Å². The van der Waals surface area contributed by atoms with Gasteiger partial charge in [0.05, 0.1) is 22.3 Å². The van der Waals surface area contributed by atoms with Gasteiger partial charge in [-0.3, -0.25) is 14.6 Å². The van der Waals surface area contributed by atoms with Gasteiger partial charge >= 0.3 is 0 Å². The van der Waals surface area contributed by atoms with E-state index in [1.54, 1.807) is 34.7 Å². The number of thiophene rings is 1. The number of hydrogen-bond acceptors (Lipinski definition) is 4. The quantitative estimate of drug-likeness (QED) is 0.446. The summed E-state index contributed by atoms with van der Waals surface area (Å²) in [4.78, 5) is 31.0. The fraction of sp³-hybridized carbons (Fsp3) is 0.227. The number of nitrogens with one attached hydrogen (secondary N) is 1. The van der Waals surface area contributed by atoms with Crippen LogP contribution in [0.5, 0.6) is 0 Å². The summed E-state index contributed by atoms with van der Waals surface area (Å²) in [5.41, 5.74) is 2.33. The molecule has 0 radical (unpaired) electrons. The predicted octanol–water partition coefficient (Wildman–Crippen LogP) is 5.19. The van der Waals surface area contributed by atoms with Gasteiger partial charge in [0.15, 0.2) is 0 Å². The highest BCUT2D eigenvalue weighted by Crippen LogP contribution is 2.23. The Morgan fingerprint density at radius 3 is 2.63 bits per heavy atom. The molecule has 0 atom stereocenters. The van der Waals surface area contributed by atoms with E-state index in [1.165, 1.54) is 11.3 Å². The summed E-state index contributed by atoms with van der Waals surface area (Å²) in [7, 11) is 0. The Labute approximate surface area is 189 Å². The zero-order valence-corrected chi connectivity index (χ0v) is 18.5. The van der Waals surface area contributed by atoms with E-state index >= 15 is 0 Å².